The number of nitrogens with one attached hydrogen (secondary N) is 1. The lowest BCUT2D eigenvalue weighted by Gasteiger charge is -2.04. The minimum absolute atomic E-state index is 0.347. The van der Waals surface area contributed by atoms with Crippen molar-refractivity contribution in [1.29, 1.82) is 0 Å². The van der Waals surface area contributed by atoms with Crippen LogP contribution >= 0.6 is 0 Å². The Balaban J connectivity index is 0.000000315. The van der Waals surface area contributed by atoms with E-state index < -0.39 is 17.9 Å². The third-order valence-corrected chi connectivity index (χ3v) is 2.85. The fourth-order valence-electron chi connectivity index (χ4n) is 1.62. The molecule has 1 aromatic carbocycles. The summed E-state index contributed by atoms with van der Waals surface area (Å²) >= 11 is 0. The van der Waals surface area contributed by atoms with Crippen LogP contribution in [0.5, 0.6) is 0 Å². The van der Waals surface area contributed by atoms with E-state index in [4.69, 9.17) is 16.6 Å². The standard InChI is InChI=1S/C11H12N2O2.C4H7NO/c12-9(11(14)15)5-7-6-13-10-4-2-1-3-8(7)10;1-3(2)4(5)6/h1-4,6,9,13H,5,12H2,(H,14,15);1H2,2H3,(H2,5,6). The molecule has 6 heteroatoms. The third kappa shape index (κ3) is 4.77. The van der Waals surface area contributed by atoms with Gasteiger partial charge in [0.05, 0.1) is 0 Å². The van der Waals surface area contributed by atoms with Crippen molar-refractivity contribution in [3.63, 3.8) is 0 Å². The molecule has 112 valence electrons. The molecule has 0 bridgehead atoms. The molecule has 0 aliphatic rings. The molecule has 0 saturated carbocycles. The molecule has 2 aromatic rings. The van der Waals surface area contributed by atoms with Gasteiger partial charge in [0.15, 0.2) is 0 Å². The van der Waals surface area contributed by atoms with Crippen LogP contribution in [0.3, 0.4) is 0 Å². The van der Waals surface area contributed by atoms with Crippen LogP contribution in [0.15, 0.2) is 42.6 Å². The van der Waals surface area contributed by atoms with Gasteiger partial charge in [-0.25, -0.2) is 0 Å². The van der Waals surface area contributed by atoms with Crippen LogP contribution < -0.4 is 11.5 Å². The number of carbonyl (C=O) groups excluding carboxylic acids is 1. The first-order valence-electron chi connectivity index (χ1n) is 6.31. The van der Waals surface area contributed by atoms with E-state index >= 15 is 0 Å². The van der Waals surface area contributed by atoms with E-state index in [1.807, 2.05) is 30.5 Å². The Hall–Kier alpha value is -2.60. The van der Waals surface area contributed by atoms with E-state index in [1.54, 1.807) is 6.92 Å². The quantitative estimate of drug-likeness (QED) is 0.631. The molecule has 0 spiro atoms. The molecule has 1 unspecified atom stereocenters. The summed E-state index contributed by atoms with van der Waals surface area (Å²) in [5, 5.41) is 9.75. The van der Waals surface area contributed by atoms with Crippen LogP contribution in [-0.2, 0) is 16.0 Å². The summed E-state index contributed by atoms with van der Waals surface area (Å²) in [5.74, 6) is -1.41. The van der Waals surface area contributed by atoms with Crippen molar-refractivity contribution >= 4 is 22.8 Å². The topological polar surface area (TPSA) is 122 Å². The molecule has 21 heavy (non-hydrogen) atoms. The van der Waals surface area contributed by atoms with Crippen molar-refractivity contribution in [3.05, 3.63) is 48.2 Å². The van der Waals surface area contributed by atoms with Crippen LogP contribution in [0.25, 0.3) is 10.9 Å². The number of H-pyrrole nitrogens is 1. The number of benzene rings is 1. The molecule has 0 aliphatic carbocycles. The number of primary amides is 1. The number of carboxylic acids is 1. The summed E-state index contributed by atoms with van der Waals surface area (Å²) < 4.78 is 0. The average molecular weight is 289 g/mol. The molecule has 6 N–H and O–H groups in total. The zero-order chi connectivity index (χ0) is 16.0. The number of nitrogens with two attached hydrogens (primary N) is 2. The van der Waals surface area contributed by atoms with Crippen LogP contribution in [0.1, 0.15) is 12.5 Å². The number of carboxylic acid groups (broad SMARTS) is 1. The molecule has 1 amide bonds. The van der Waals surface area contributed by atoms with Gasteiger partial charge in [-0.1, -0.05) is 24.8 Å². The van der Waals surface area contributed by atoms with E-state index in [-0.39, 0.29) is 0 Å². The smallest absolute Gasteiger partial charge is 0.320 e. The fraction of sp³-hybridized carbons (Fsp3) is 0.200. The third-order valence-electron chi connectivity index (χ3n) is 2.85. The van der Waals surface area contributed by atoms with Gasteiger partial charge in [0.25, 0.3) is 0 Å². The zero-order valence-corrected chi connectivity index (χ0v) is 11.8. The summed E-state index contributed by atoms with van der Waals surface area (Å²) in [4.78, 5) is 23.5. The highest BCUT2D eigenvalue weighted by Gasteiger charge is 2.14. The molecule has 1 aromatic heterocycles. The van der Waals surface area contributed by atoms with Gasteiger partial charge in [-0.2, -0.15) is 0 Å². The predicted octanol–water partition coefficient (Wildman–Crippen LogP) is 1.17. The Morgan fingerprint density at radius 3 is 2.48 bits per heavy atom. The van der Waals surface area contributed by atoms with Crippen molar-refractivity contribution in [2.45, 2.75) is 19.4 Å². The number of aromatic amines is 1. The van der Waals surface area contributed by atoms with Gasteiger partial charge in [0, 0.05) is 29.1 Å². The fourth-order valence-corrected chi connectivity index (χ4v) is 1.62. The molecule has 1 heterocycles. The summed E-state index contributed by atoms with van der Waals surface area (Å²) in [6.07, 6.45) is 2.16. The zero-order valence-electron chi connectivity index (χ0n) is 11.8. The van der Waals surface area contributed by atoms with Crippen molar-refractivity contribution in [3.8, 4) is 0 Å². The van der Waals surface area contributed by atoms with Crippen LogP contribution in [0, 0.1) is 0 Å². The minimum Gasteiger partial charge on any atom is -0.480 e. The Labute approximate surface area is 122 Å². The number of hydrogen-bond acceptors (Lipinski definition) is 3. The van der Waals surface area contributed by atoms with Gasteiger partial charge >= 0.3 is 5.97 Å². The van der Waals surface area contributed by atoms with Gasteiger partial charge < -0.3 is 21.6 Å². The number of fused-ring (bicyclic) bond motifs is 1. The summed E-state index contributed by atoms with van der Waals surface area (Å²) in [5.41, 5.74) is 12.5. The molecule has 0 radical (unpaired) electrons. The lowest BCUT2D eigenvalue weighted by Crippen LogP contribution is -2.32. The normalized spacial score (nSPS) is 11.3. The van der Waals surface area contributed by atoms with E-state index in [0.29, 0.717) is 12.0 Å². The first-order valence-corrected chi connectivity index (χ1v) is 6.31. The second-order valence-electron chi connectivity index (χ2n) is 4.65. The van der Waals surface area contributed by atoms with Crippen molar-refractivity contribution in [2.24, 2.45) is 11.5 Å². The number of para-hydroxylation sites is 1. The molecule has 6 nitrogen and oxygen atoms in total. The van der Waals surface area contributed by atoms with Crippen molar-refractivity contribution in [1.82, 2.24) is 4.98 Å². The lowest BCUT2D eigenvalue weighted by molar-refractivity contribution is -0.138. The van der Waals surface area contributed by atoms with Gasteiger partial charge in [-0.3, -0.25) is 9.59 Å². The van der Waals surface area contributed by atoms with E-state index in [0.717, 1.165) is 16.5 Å². The van der Waals surface area contributed by atoms with Gasteiger partial charge in [0.2, 0.25) is 5.91 Å². The maximum Gasteiger partial charge on any atom is 0.320 e. The number of carbonyl (C=O) groups is 2. The molecule has 0 saturated heterocycles. The van der Waals surface area contributed by atoms with Gasteiger partial charge in [-0.05, 0) is 18.6 Å². The predicted molar refractivity (Wildman–Crippen MR) is 81.6 cm³/mol. The Morgan fingerprint density at radius 2 is 1.95 bits per heavy atom. The van der Waals surface area contributed by atoms with Gasteiger partial charge in [-0.15, -0.1) is 0 Å². The Bertz CT molecular complexity index is 649. The summed E-state index contributed by atoms with van der Waals surface area (Å²) in [7, 11) is 0. The van der Waals surface area contributed by atoms with E-state index in [1.165, 1.54) is 0 Å². The lowest BCUT2D eigenvalue weighted by atomic mass is 10.1. The van der Waals surface area contributed by atoms with Crippen molar-refractivity contribution < 1.29 is 14.7 Å². The molecule has 1 atom stereocenters. The van der Waals surface area contributed by atoms with E-state index in [2.05, 4.69) is 11.6 Å². The Kier molecular flexibility index (Phi) is 5.68. The highest BCUT2D eigenvalue weighted by Crippen LogP contribution is 2.18. The molecule has 0 aliphatic heterocycles. The largest absolute Gasteiger partial charge is 0.480 e. The second kappa shape index (κ2) is 7.25. The summed E-state index contributed by atoms with van der Waals surface area (Å²) in [6, 6.07) is 6.91. The van der Waals surface area contributed by atoms with Crippen LogP contribution in [0.4, 0.5) is 0 Å². The minimum atomic E-state index is -0.972. The monoisotopic (exact) mass is 289 g/mol. The number of hydrogen-bond donors (Lipinski definition) is 4. The average Bonchev–Trinajstić information content (AvgIpc) is 2.82. The van der Waals surface area contributed by atoms with Crippen molar-refractivity contribution in [2.75, 3.05) is 0 Å². The Morgan fingerprint density at radius 1 is 1.38 bits per heavy atom. The second-order valence-corrected chi connectivity index (χ2v) is 4.65. The molecular weight excluding hydrogens is 270 g/mol. The first-order chi connectivity index (χ1) is 9.82. The number of amides is 1. The molecule has 2 rings (SSSR count). The molecule has 0 fully saturated rings. The van der Waals surface area contributed by atoms with Crippen LogP contribution in [0.2, 0.25) is 0 Å². The van der Waals surface area contributed by atoms with Gasteiger partial charge in [0.1, 0.15) is 6.04 Å². The molecular formula is C15H19N3O3. The maximum atomic E-state index is 10.6. The van der Waals surface area contributed by atoms with Crippen LogP contribution in [-0.4, -0.2) is 28.0 Å². The highest BCUT2D eigenvalue weighted by molar-refractivity contribution is 5.90. The van der Waals surface area contributed by atoms with E-state index in [9.17, 15) is 9.59 Å². The summed E-state index contributed by atoms with van der Waals surface area (Å²) in [6.45, 7) is 4.85. The SMILES string of the molecule is C=C(C)C(N)=O.NC(Cc1c[nH]c2ccccc12)C(=O)O. The first kappa shape index (κ1) is 16.5. The number of aliphatic carboxylic acids is 1. The number of aromatic nitrogens is 1. The number of rotatable bonds is 4. The highest BCUT2D eigenvalue weighted by atomic mass is 16.4. The maximum absolute atomic E-state index is 10.6.